The first-order chi connectivity index (χ1) is 15.5. The van der Waals surface area contributed by atoms with Gasteiger partial charge in [0.2, 0.25) is 10.0 Å². The minimum absolute atomic E-state index is 0.143. The summed E-state index contributed by atoms with van der Waals surface area (Å²) in [5.74, 6) is -0.181. The van der Waals surface area contributed by atoms with Gasteiger partial charge in [-0.2, -0.15) is 0 Å². The fourth-order valence-electron chi connectivity index (χ4n) is 4.92. The first-order valence-corrected chi connectivity index (χ1v) is 12.4. The number of morpholine rings is 1. The normalized spacial score (nSPS) is 18.0. The van der Waals surface area contributed by atoms with Gasteiger partial charge in [0.15, 0.2) is 5.78 Å². The molecule has 1 fully saturated rings. The molecular formula is C24H28N4O4S. The predicted octanol–water partition coefficient (Wildman–Crippen LogP) is 2.71. The van der Waals surface area contributed by atoms with Crippen LogP contribution >= 0.6 is 0 Å². The number of nitrogens with zero attached hydrogens (tertiary/aromatic N) is 2. The van der Waals surface area contributed by atoms with Crippen molar-refractivity contribution in [3.05, 3.63) is 52.7 Å². The number of hydrogen-bond acceptors (Lipinski definition) is 6. The molecule has 0 spiro atoms. The largest absolute Gasteiger partial charge is 0.399 e. The van der Waals surface area contributed by atoms with Gasteiger partial charge in [-0.05, 0) is 29.8 Å². The van der Waals surface area contributed by atoms with Crippen molar-refractivity contribution in [2.45, 2.75) is 24.2 Å². The number of H-pyrrole nitrogens is 1. The number of hydrogen-bond donors (Lipinski definition) is 2. The van der Waals surface area contributed by atoms with E-state index in [1.54, 1.807) is 12.1 Å². The van der Waals surface area contributed by atoms with Crippen LogP contribution in [0.25, 0.3) is 10.9 Å². The number of aromatic amines is 1. The Labute approximate surface area is 193 Å². The van der Waals surface area contributed by atoms with Crippen LogP contribution in [-0.2, 0) is 20.2 Å². The molecule has 2 heterocycles. The van der Waals surface area contributed by atoms with E-state index < -0.39 is 15.4 Å². The van der Waals surface area contributed by atoms with Gasteiger partial charge in [-0.25, -0.2) is 12.7 Å². The van der Waals surface area contributed by atoms with Crippen molar-refractivity contribution in [2.75, 3.05) is 51.0 Å². The van der Waals surface area contributed by atoms with Crippen molar-refractivity contribution in [3.63, 3.8) is 0 Å². The first kappa shape index (κ1) is 21.9. The number of anilines is 2. The summed E-state index contributed by atoms with van der Waals surface area (Å²) >= 11 is 0. The molecule has 174 valence electrons. The monoisotopic (exact) mass is 468 g/mol. The molecular weight excluding hydrogens is 440 g/mol. The van der Waals surface area contributed by atoms with Crippen LogP contribution in [0.2, 0.25) is 0 Å². The number of nitrogens with one attached hydrogen (secondary N) is 1. The Morgan fingerprint density at radius 1 is 1.12 bits per heavy atom. The van der Waals surface area contributed by atoms with E-state index in [-0.39, 0.29) is 10.7 Å². The van der Waals surface area contributed by atoms with Gasteiger partial charge in [-0.1, -0.05) is 19.9 Å². The van der Waals surface area contributed by atoms with Gasteiger partial charge in [0.25, 0.3) is 0 Å². The van der Waals surface area contributed by atoms with E-state index >= 15 is 0 Å². The Balaban J connectivity index is 1.80. The maximum atomic E-state index is 13.8. The molecule has 0 bridgehead atoms. The summed E-state index contributed by atoms with van der Waals surface area (Å²) in [6, 6.07) is 8.90. The summed E-state index contributed by atoms with van der Waals surface area (Å²) in [6.07, 6.45) is 0. The molecule has 5 rings (SSSR count). The number of nitrogen functional groups attached to an aromatic ring is 1. The zero-order valence-corrected chi connectivity index (χ0v) is 20.0. The molecule has 8 nitrogen and oxygen atoms in total. The molecule has 0 amide bonds. The minimum Gasteiger partial charge on any atom is -0.399 e. The maximum Gasteiger partial charge on any atom is 0.244 e. The lowest BCUT2D eigenvalue weighted by atomic mass is 9.71. The minimum atomic E-state index is -3.79. The summed E-state index contributed by atoms with van der Waals surface area (Å²) in [6.45, 7) is 6.32. The Bertz CT molecular complexity index is 1400. The van der Waals surface area contributed by atoms with E-state index in [1.807, 2.05) is 23.1 Å². The number of carbonyl (C=O) groups is 1. The Kier molecular flexibility index (Phi) is 4.86. The Morgan fingerprint density at radius 2 is 1.82 bits per heavy atom. The molecule has 3 N–H and O–H groups in total. The molecule has 2 aliphatic rings. The second-order valence-electron chi connectivity index (χ2n) is 9.39. The number of sulfonamides is 1. The summed E-state index contributed by atoms with van der Waals surface area (Å²) < 4.78 is 33.3. The number of benzene rings is 2. The van der Waals surface area contributed by atoms with Gasteiger partial charge in [-0.15, -0.1) is 0 Å². The fraction of sp³-hybridized carbons (Fsp3) is 0.375. The molecule has 0 radical (unpaired) electrons. The van der Waals surface area contributed by atoms with Crippen LogP contribution < -0.4 is 10.6 Å². The number of rotatable bonds is 3. The van der Waals surface area contributed by atoms with Gasteiger partial charge >= 0.3 is 0 Å². The van der Waals surface area contributed by atoms with Crippen molar-refractivity contribution < 1.29 is 17.9 Å². The topological polar surface area (TPSA) is 109 Å². The molecule has 0 unspecified atom stereocenters. The van der Waals surface area contributed by atoms with Crippen molar-refractivity contribution in [3.8, 4) is 0 Å². The molecule has 0 atom stereocenters. The third kappa shape index (κ3) is 3.18. The fourth-order valence-corrected chi connectivity index (χ4v) is 6.03. The van der Waals surface area contributed by atoms with Crippen molar-refractivity contribution in [2.24, 2.45) is 0 Å². The Morgan fingerprint density at radius 3 is 2.48 bits per heavy atom. The number of carbonyl (C=O) groups excluding carboxylic acids is 1. The highest BCUT2D eigenvalue weighted by Crippen LogP contribution is 2.46. The summed E-state index contributed by atoms with van der Waals surface area (Å²) in [5, 5.41) is 0.789. The molecule has 3 aromatic rings. The van der Waals surface area contributed by atoms with Gasteiger partial charge < -0.3 is 20.4 Å². The van der Waals surface area contributed by atoms with Gasteiger partial charge in [0, 0.05) is 60.4 Å². The molecule has 1 saturated heterocycles. The van der Waals surface area contributed by atoms with Crippen LogP contribution in [-0.4, -0.2) is 63.9 Å². The van der Waals surface area contributed by atoms with E-state index in [1.165, 1.54) is 18.4 Å². The van der Waals surface area contributed by atoms with Crippen LogP contribution in [0, 0.1) is 0 Å². The quantitative estimate of drug-likeness (QED) is 0.572. The lowest BCUT2D eigenvalue weighted by Gasteiger charge is -2.36. The average Bonchev–Trinajstić information content (AvgIpc) is 3.17. The molecule has 1 aliphatic heterocycles. The summed E-state index contributed by atoms with van der Waals surface area (Å²) in [5.41, 5.74) is 10.1. The van der Waals surface area contributed by atoms with E-state index in [4.69, 9.17) is 10.5 Å². The van der Waals surface area contributed by atoms with Crippen LogP contribution in [0.15, 0.2) is 35.2 Å². The van der Waals surface area contributed by atoms with Crippen LogP contribution in [0.3, 0.4) is 0 Å². The van der Waals surface area contributed by atoms with Crippen molar-refractivity contribution >= 4 is 38.1 Å². The Hall–Kier alpha value is -2.88. The van der Waals surface area contributed by atoms with Gasteiger partial charge in [0.05, 0.1) is 24.5 Å². The summed E-state index contributed by atoms with van der Waals surface area (Å²) in [7, 11) is -0.777. The highest BCUT2D eigenvalue weighted by atomic mass is 32.2. The number of fused-ring (bicyclic) bond motifs is 4. The standard InChI is InChI=1S/C24H28N4O4S/c1-24(2)17-13-19(28-7-9-32-10-8-28)20(33(30,31)27(3)4)12-16(17)22(29)21-15-6-5-14(25)11-18(15)26-23(21)24/h5-6,11-13,26H,7-10,25H2,1-4H3. The average molecular weight is 469 g/mol. The molecule has 0 saturated carbocycles. The summed E-state index contributed by atoms with van der Waals surface area (Å²) in [4.78, 5) is 19.4. The lowest BCUT2D eigenvalue weighted by Crippen LogP contribution is -2.39. The van der Waals surface area contributed by atoms with E-state index in [0.29, 0.717) is 48.8 Å². The van der Waals surface area contributed by atoms with E-state index in [0.717, 1.165) is 22.2 Å². The predicted molar refractivity (Wildman–Crippen MR) is 129 cm³/mol. The zero-order valence-electron chi connectivity index (χ0n) is 19.2. The van der Waals surface area contributed by atoms with Crippen LogP contribution in [0.4, 0.5) is 11.4 Å². The van der Waals surface area contributed by atoms with Crippen molar-refractivity contribution in [1.29, 1.82) is 0 Å². The SMILES string of the molecule is CN(C)S(=O)(=O)c1cc2c(cc1N1CCOCC1)C(C)(C)c1[nH]c3cc(N)ccc3c1C2=O. The van der Waals surface area contributed by atoms with Crippen LogP contribution in [0.1, 0.15) is 41.0 Å². The van der Waals surface area contributed by atoms with Crippen LogP contribution in [0.5, 0.6) is 0 Å². The van der Waals surface area contributed by atoms with Gasteiger partial charge in [0.1, 0.15) is 4.90 Å². The van der Waals surface area contributed by atoms with E-state index in [9.17, 15) is 13.2 Å². The molecule has 9 heteroatoms. The van der Waals surface area contributed by atoms with E-state index in [2.05, 4.69) is 18.8 Å². The highest BCUT2D eigenvalue weighted by Gasteiger charge is 2.42. The second kappa shape index (κ2) is 7.31. The third-order valence-electron chi connectivity index (χ3n) is 6.80. The van der Waals surface area contributed by atoms with Crippen molar-refractivity contribution in [1.82, 2.24) is 9.29 Å². The molecule has 1 aromatic heterocycles. The first-order valence-electron chi connectivity index (χ1n) is 10.9. The molecule has 2 aromatic carbocycles. The second-order valence-corrected chi connectivity index (χ2v) is 11.5. The number of ketones is 1. The number of nitrogens with two attached hydrogens (primary N) is 1. The number of aromatic nitrogens is 1. The third-order valence-corrected chi connectivity index (χ3v) is 8.65. The smallest absolute Gasteiger partial charge is 0.244 e. The van der Waals surface area contributed by atoms with Gasteiger partial charge in [-0.3, -0.25) is 4.79 Å². The molecule has 33 heavy (non-hydrogen) atoms. The maximum absolute atomic E-state index is 13.8. The lowest BCUT2D eigenvalue weighted by molar-refractivity contribution is 0.103. The number of ether oxygens (including phenoxy) is 1. The zero-order chi connectivity index (χ0) is 23.7. The molecule has 1 aliphatic carbocycles. The highest BCUT2D eigenvalue weighted by molar-refractivity contribution is 7.89.